The van der Waals surface area contributed by atoms with Gasteiger partial charge >= 0.3 is 0 Å². The van der Waals surface area contributed by atoms with E-state index in [0.29, 0.717) is 11.8 Å². The van der Waals surface area contributed by atoms with E-state index in [1.165, 1.54) is 5.56 Å². The number of aliphatic hydroxyl groups is 1. The van der Waals surface area contributed by atoms with E-state index in [0.717, 1.165) is 31.5 Å². The van der Waals surface area contributed by atoms with E-state index < -0.39 is 5.60 Å². The van der Waals surface area contributed by atoms with Gasteiger partial charge in [0.15, 0.2) is 0 Å². The number of hydrogen-bond donors (Lipinski definition) is 2. The molecule has 3 rings (SSSR count). The summed E-state index contributed by atoms with van der Waals surface area (Å²) in [4.78, 5) is 0. The minimum Gasteiger partial charge on any atom is -0.385 e. The highest BCUT2D eigenvalue weighted by molar-refractivity contribution is 5.32. The Bertz CT molecular complexity index is 445. The first-order valence-electron chi connectivity index (χ1n) is 7.43. The van der Waals surface area contributed by atoms with Gasteiger partial charge in [-0.1, -0.05) is 45.0 Å². The number of nitrogens with one attached hydrogen (secondary N) is 1. The van der Waals surface area contributed by atoms with Crippen LogP contribution >= 0.6 is 0 Å². The molecule has 1 aliphatic carbocycles. The SMILES string of the molecule is CC(C)(C)c1ccc(C2(O)C[C@H]3CNC[C@H]3C2)cc1. The minimum absolute atomic E-state index is 0.178. The molecule has 1 saturated carbocycles. The summed E-state index contributed by atoms with van der Waals surface area (Å²) in [5.41, 5.74) is 2.03. The Kier molecular flexibility index (Phi) is 2.99. The molecule has 1 unspecified atom stereocenters. The lowest BCUT2D eigenvalue weighted by molar-refractivity contribution is 0.0358. The second-order valence-corrected chi connectivity index (χ2v) is 7.45. The van der Waals surface area contributed by atoms with Crippen LogP contribution in [0.5, 0.6) is 0 Å². The first-order valence-corrected chi connectivity index (χ1v) is 7.43. The predicted molar refractivity (Wildman–Crippen MR) is 78.1 cm³/mol. The zero-order chi connectivity index (χ0) is 13.7. The Morgan fingerprint density at radius 2 is 1.58 bits per heavy atom. The van der Waals surface area contributed by atoms with Gasteiger partial charge in [0.25, 0.3) is 0 Å². The Morgan fingerprint density at radius 3 is 2.05 bits per heavy atom. The van der Waals surface area contributed by atoms with Crippen LogP contribution in [0.15, 0.2) is 24.3 Å². The third kappa shape index (κ3) is 2.32. The normalized spacial score (nSPS) is 34.5. The monoisotopic (exact) mass is 259 g/mol. The molecule has 104 valence electrons. The molecule has 0 amide bonds. The standard InChI is InChI=1S/C17H25NO/c1-16(2,3)14-4-6-15(7-5-14)17(19)8-12-10-18-11-13(12)9-17/h4-7,12-13,18-19H,8-11H2,1-3H3/t12-,13+,17?. The average molecular weight is 259 g/mol. The molecule has 1 saturated heterocycles. The third-order valence-electron chi connectivity index (χ3n) is 4.97. The highest BCUT2D eigenvalue weighted by Gasteiger charge is 2.46. The maximum Gasteiger partial charge on any atom is 0.0903 e. The van der Waals surface area contributed by atoms with Crippen molar-refractivity contribution in [3.63, 3.8) is 0 Å². The molecule has 3 atom stereocenters. The van der Waals surface area contributed by atoms with Gasteiger partial charge in [-0.05, 0) is 54.3 Å². The lowest BCUT2D eigenvalue weighted by Gasteiger charge is -2.26. The number of fused-ring (bicyclic) bond motifs is 1. The van der Waals surface area contributed by atoms with Gasteiger partial charge in [0.2, 0.25) is 0 Å². The van der Waals surface area contributed by atoms with E-state index in [4.69, 9.17) is 0 Å². The summed E-state index contributed by atoms with van der Waals surface area (Å²) in [6.07, 6.45) is 1.83. The first-order chi connectivity index (χ1) is 8.88. The lowest BCUT2D eigenvalue weighted by Crippen LogP contribution is -2.25. The second-order valence-electron chi connectivity index (χ2n) is 7.45. The molecule has 1 aromatic rings. The average Bonchev–Trinajstić information content (AvgIpc) is 2.87. The Hall–Kier alpha value is -0.860. The summed E-state index contributed by atoms with van der Waals surface area (Å²) in [5, 5.41) is 14.4. The summed E-state index contributed by atoms with van der Waals surface area (Å²) in [7, 11) is 0. The van der Waals surface area contributed by atoms with Crippen molar-refractivity contribution in [2.45, 2.75) is 44.6 Å². The molecule has 2 nitrogen and oxygen atoms in total. The van der Waals surface area contributed by atoms with Crippen molar-refractivity contribution in [2.24, 2.45) is 11.8 Å². The van der Waals surface area contributed by atoms with Crippen LogP contribution < -0.4 is 5.32 Å². The number of hydrogen-bond acceptors (Lipinski definition) is 2. The molecule has 2 aliphatic rings. The van der Waals surface area contributed by atoms with Crippen molar-refractivity contribution in [2.75, 3.05) is 13.1 Å². The molecular formula is C17H25NO. The molecule has 2 fully saturated rings. The second kappa shape index (κ2) is 4.32. The van der Waals surface area contributed by atoms with Gasteiger partial charge in [-0.15, -0.1) is 0 Å². The molecule has 0 bridgehead atoms. The van der Waals surface area contributed by atoms with Gasteiger partial charge in [-0.2, -0.15) is 0 Å². The summed E-state index contributed by atoms with van der Waals surface area (Å²) in [6.45, 7) is 8.83. The van der Waals surface area contributed by atoms with Crippen molar-refractivity contribution in [3.8, 4) is 0 Å². The molecule has 19 heavy (non-hydrogen) atoms. The first kappa shape index (κ1) is 13.1. The molecular weight excluding hydrogens is 234 g/mol. The molecule has 2 heteroatoms. The van der Waals surface area contributed by atoms with Crippen LogP contribution in [-0.4, -0.2) is 18.2 Å². The fourth-order valence-corrected chi connectivity index (χ4v) is 3.73. The highest BCUT2D eigenvalue weighted by atomic mass is 16.3. The van der Waals surface area contributed by atoms with Gasteiger partial charge in [-0.25, -0.2) is 0 Å². The summed E-state index contributed by atoms with van der Waals surface area (Å²) < 4.78 is 0. The fourth-order valence-electron chi connectivity index (χ4n) is 3.73. The van der Waals surface area contributed by atoms with E-state index in [1.54, 1.807) is 0 Å². The van der Waals surface area contributed by atoms with Gasteiger partial charge in [0.1, 0.15) is 0 Å². The fraction of sp³-hybridized carbons (Fsp3) is 0.647. The predicted octanol–water partition coefficient (Wildman–Crippen LogP) is 2.80. The molecule has 2 N–H and O–H groups in total. The Balaban J connectivity index is 1.83. The molecule has 0 spiro atoms. The van der Waals surface area contributed by atoms with Crippen LogP contribution in [-0.2, 0) is 11.0 Å². The maximum atomic E-state index is 10.9. The Labute approximate surface area is 116 Å². The quantitative estimate of drug-likeness (QED) is 0.813. The van der Waals surface area contributed by atoms with Crippen LogP contribution in [0.3, 0.4) is 0 Å². The van der Waals surface area contributed by atoms with Crippen molar-refractivity contribution >= 4 is 0 Å². The molecule has 0 aromatic heterocycles. The van der Waals surface area contributed by atoms with Crippen LogP contribution in [0.4, 0.5) is 0 Å². The number of benzene rings is 1. The topological polar surface area (TPSA) is 32.3 Å². The van der Waals surface area contributed by atoms with Gasteiger partial charge in [0.05, 0.1) is 5.60 Å². The lowest BCUT2D eigenvalue weighted by atomic mass is 9.84. The summed E-state index contributed by atoms with van der Waals surface area (Å²) >= 11 is 0. The minimum atomic E-state index is -0.589. The van der Waals surface area contributed by atoms with E-state index in [9.17, 15) is 5.11 Å². The van der Waals surface area contributed by atoms with Gasteiger partial charge in [0, 0.05) is 0 Å². The summed E-state index contributed by atoms with van der Waals surface area (Å²) in [5.74, 6) is 1.32. The maximum absolute atomic E-state index is 10.9. The van der Waals surface area contributed by atoms with Gasteiger partial charge < -0.3 is 10.4 Å². The smallest absolute Gasteiger partial charge is 0.0903 e. The van der Waals surface area contributed by atoms with Crippen molar-refractivity contribution in [1.29, 1.82) is 0 Å². The van der Waals surface area contributed by atoms with Crippen LogP contribution in [0.25, 0.3) is 0 Å². The van der Waals surface area contributed by atoms with Crippen molar-refractivity contribution in [3.05, 3.63) is 35.4 Å². The van der Waals surface area contributed by atoms with Crippen LogP contribution in [0, 0.1) is 11.8 Å². The van der Waals surface area contributed by atoms with Crippen LogP contribution in [0.1, 0.15) is 44.7 Å². The third-order valence-corrected chi connectivity index (χ3v) is 4.97. The highest BCUT2D eigenvalue weighted by Crippen LogP contribution is 2.47. The Morgan fingerprint density at radius 1 is 1.05 bits per heavy atom. The largest absolute Gasteiger partial charge is 0.385 e. The molecule has 1 aromatic carbocycles. The van der Waals surface area contributed by atoms with Crippen molar-refractivity contribution in [1.82, 2.24) is 5.32 Å². The zero-order valence-corrected chi connectivity index (χ0v) is 12.2. The van der Waals surface area contributed by atoms with Crippen molar-refractivity contribution < 1.29 is 5.11 Å². The van der Waals surface area contributed by atoms with Gasteiger partial charge in [-0.3, -0.25) is 0 Å². The zero-order valence-electron chi connectivity index (χ0n) is 12.2. The van der Waals surface area contributed by atoms with E-state index in [2.05, 4.69) is 50.4 Å². The van der Waals surface area contributed by atoms with E-state index in [1.807, 2.05) is 0 Å². The molecule has 0 radical (unpaired) electrons. The summed E-state index contributed by atoms with van der Waals surface area (Å²) in [6, 6.07) is 8.63. The van der Waals surface area contributed by atoms with E-state index >= 15 is 0 Å². The number of rotatable bonds is 1. The van der Waals surface area contributed by atoms with E-state index in [-0.39, 0.29) is 5.41 Å². The molecule has 1 heterocycles. The van der Waals surface area contributed by atoms with Crippen LogP contribution in [0.2, 0.25) is 0 Å². The molecule has 1 aliphatic heterocycles.